The Morgan fingerprint density at radius 2 is 1.96 bits per heavy atom. The molecule has 0 fully saturated rings. The summed E-state index contributed by atoms with van der Waals surface area (Å²) >= 11 is 0. The van der Waals surface area contributed by atoms with Crippen LogP contribution in [0.3, 0.4) is 0 Å². The van der Waals surface area contributed by atoms with Gasteiger partial charge in [0.25, 0.3) is 10.1 Å². The summed E-state index contributed by atoms with van der Waals surface area (Å²) in [6, 6.07) is 14.5. The molecule has 1 unspecified atom stereocenters. The number of methoxy groups -OCH3 is 1. The monoisotopic (exact) mass is 399 g/mol. The summed E-state index contributed by atoms with van der Waals surface area (Å²) in [5.41, 5.74) is 4.67. The Bertz CT molecular complexity index is 1000. The van der Waals surface area contributed by atoms with Crippen molar-refractivity contribution in [2.24, 2.45) is 0 Å². The van der Waals surface area contributed by atoms with E-state index in [2.05, 4.69) is 42.0 Å². The Hall–Kier alpha value is -2.33. The van der Waals surface area contributed by atoms with Gasteiger partial charge >= 0.3 is 0 Å². The van der Waals surface area contributed by atoms with Crippen molar-refractivity contribution in [1.82, 2.24) is 4.90 Å². The molecule has 28 heavy (non-hydrogen) atoms. The Morgan fingerprint density at radius 1 is 1.18 bits per heavy atom. The standard InChI is InChI=1S/C22H25NO4S/c1-23-15-18-14-17(8-6-7-13-27-28(3,24)25)11-12-19(18)21(16-23)20-9-4-5-10-22(20)26-2/h4-5,9-12,14,21H,7,13,15-16H2,1-3H3. The SMILES string of the molecule is COc1ccccc1C1CN(C)Cc2cc(C#CCCOS(C)(=O)=O)ccc21. The minimum absolute atomic E-state index is 0.0788. The molecule has 0 saturated carbocycles. The molecule has 1 atom stereocenters. The van der Waals surface area contributed by atoms with Crippen LogP contribution in [0, 0.1) is 11.8 Å². The van der Waals surface area contributed by atoms with Crippen molar-refractivity contribution in [2.75, 3.05) is 33.6 Å². The molecule has 6 heteroatoms. The van der Waals surface area contributed by atoms with Crippen LogP contribution in [0.1, 0.15) is 34.6 Å². The van der Waals surface area contributed by atoms with Gasteiger partial charge in [0, 0.05) is 36.6 Å². The molecule has 148 valence electrons. The van der Waals surface area contributed by atoms with E-state index >= 15 is 0 Å². The molecule has 0 amide bonds. The minimum atomic E-state index is -3.41. The van der Waals surface area contributed by atoms with E-state index in [9.17, 15) is 8.42 Å². The van der Waals surface area contributed by atoms with Gasteiger partial charge in [-0.1, -0.05) is 36.1 Å². The van der Waals surface area contributed by atoms with E-state index in [-0.39, 0.29) is 12.5 Å². The predicted octanol–water partition coefficient (Wildman–Crippen LogP) is 2.99. The molecule has 0 aromatic heterocycles. The predicted molar refractivity (Wildman–Crippen MR) is 110 cm³/mol. The normalized spacial score (nSPS) is 16.8. The summed E-state index contributed by atoms with van der Waals surface area (Å²) in [6.45, 7) is 1.88. The van der Waals surface area contributed by atoms with Crippen molar-refractivity contribution in [3.63, 3.8) is 0 Å². The molecule has 1 heterocycles. The van der Waals surface area contributed by atoms with Gasteiger partial charge in [0.1, 0.15) is 5.75 Å². The summed E-state index contributed by atoms with van der Waals surface area (Å²) < 4.78 is 32.2. The molecule has 2 aromatic carbocycles. The van der Waals surface area contributed by atoms with Crippen molar-refractivity contribution in [1.29, 1.82) is 0 Å². The van der Waals surface area contributed by atoms with Crippen LogP contribution in [0.25, 0.3) is 0 Å². The largest absolute Gasteiger partial charge is 0.496 e. The van der Waals surface area contributed by atoms with E-state index in [1.807, 2.05) is 24.3 Å². The number of likely N-dealkylation sites (N-methyl/N-ethyl adjacent to an activating group) is 1. The summed E-state index contributed by atoms with van der Waals surface area (Å²) in [6.07, 6.45) is 1.41. The number of rotatable bonds is 5. The zero-order valence-electron chi connectivity index (χ0n) is 16.4. The maximum absolute atomic E-state index is 11.0. The number of hydrogen-bond donors (Lipinski definition) is 0. The lowest BCUT2D eigenvalue weighted by molar-refractivity contribution is 0.292. The average molecular weight is 400 g/mol. The number of fused-ring (bicyclic) bond motifs is 1. The summed E-state index contributed by atoms with van der Waals surface area (Å²) in [4.78, 5) is 2.30. The average Bonchev–Trinajstić information content (AvgIpc) is 2.66. The summed E-state index contributed by atoms with van der Waals surface area (Å²) in [5.74, 6) is 7.24. The molecule has 3 rings (SSSR count). The first kappa shape index (κ1) is 20.4. The molecule has 0 radical (unpaired) electrons. The Labute approximate surface area is 167 Å². The molecule has 2 aromatic rings. The lowest BCUT2D eigenvalue weighted by Crippen LogP contribution is -2.31. The van der Waals surface area contributed by atoms with E-state index in [0.717, 1.165) is 30.7 Å². The number of ether oxygens (including phenoxy) is 1. The van der Waals surface area contributed by atoms with E-state index in [0.29, 0.717) is 6.42 Å². The van der Waals surface area contributed by atoms with Gasteiger partial charge < -0.3 is 9.64 Å². The molecular formula is C22H25NO4S. The highest BCUT2D eigenvalue weighted by Gasteiger charge is 2.26. The lowest BCUT2D eigenvalue weighted by Gasteiger charge is -2.33. The van der Waals surface area contributed by atoms with Crippen molar-refractivity contribution >= 4 is 10.1 Å². The Balaban J connectivity index is 1.82. The number of benzene rings is 2. The van der Waals surface area contributed by atoms with Crippen LogP contribution in [0.2, 0.25) is 0 Å². The van der Waals surface area contributed by atoms with Crippen LogP contribution >= 0.6 is 0 Å². The first-order chi connectivity index (χ1) is 13.4. The van der Waals surface area contributed by atoms with Crippen molar-refractivity contribution in [3.8, 4) is 17.6 Å². The maximum Gasteiger partial charge on any atom is 0.264 e. The third-order valence-electron chi connectivity index (χ3n) is 4.72. The van der Waals surface area contributed by atoms with E-state index in [1.54, 1.807) is 7.11 Å². The maximum atomic E-state index is 11.0. The van der Waals surface area contributed by atoms with Gasteiger partial charge in [-0.05, 0) is 36.4 Å². The van der Waals surface area contributed by atoms with E-state index < -0.39 is 10.1 Å². The topological polar surface area (TPSA) is 55.8 Å². The molecular weight excluding hydrogens is 374 g/mol. The fraction of sp³-hybridized carbons (Fsp3) is 0.364. The highest BCUT2D eigenvalue weighted by atomic mass is 32.2. The highest BCUT2D eigenvalue weighted by molar-refractivity contribution is 7.85. The van der Waals surface area contributed by atoms with Gasteiger partial charge in [-0.25, -0.2) is 0 Å². The van der Waals surface area contributed by atoms with Crippen LogP contribution in [0.4, 0.5) is 0 Å². The quantitative estimate of drug-likeness (QED) is 0.440. The van der Waals surface area contributed by atoms with Gasteiger partial charge in [0.15, 0.2) is 0 Å². The smallest absolute Gasteiger partial charge is 0.264 e. The van der Waals surface area contributed by atoms with Crippen LogP contribution in [-0.4, -0.2) is 46.9 Å². The van der Waals surface area contributed by atoms with Crippen molar-refractivity contribution in [3.05, 3.63) is 64.7 Å². The first-order valence-electron chi connectivity index (χ1n) is 9.15. The molecule has 0 spiro atoms. The molecule has 0 aliphatic carbocycles. The fourth-order valence-electron chi connectivity index (χ4n) is 3.55. The number of hydrogen-bond acceptors (Lipinski definition) is 5. The molecule has 1 aliphatic rings. The van der Waals surface area contributed by atoms with Gasteiger partial charge in [-0.2, -0.15) is 8.42 Å². The van der Waals surface area contributed by atoms with Crippen molar-refractivity contribution < 1.29 is 17.3 Å². The third kappa shape index (κ3) is 5.14. The van der Waals surface area contributed by atoms with Crippen LogP contribution in [0.5, 0.6) is 5.75 Å². The van der Waals surface area contributed by atoms with Gasteiger partial charge in [0.2, 0.25) is 0 Å². The number of para-hydroxylation sites is 1. The second-order valence-corrected chi connectivity index (χ2v) is 8.63. The summed E-state index contributed by atoms with van der Waals surface area (Å²) in [7, 11) is 0.415. The van der Waals surface area contributed by atoms with Gasteiger partial charge in [-0.3, -0.25) is 4.18 Å². The lowest BCUT2D eigenvalue weighted by atomic mass is 9.83. The molecule has 0 N–H and O–H groups in total. The second kappa shape index (κ2) is 8.78. The van der Waals surface area contributed by atoms with Gasteiger partial charge in [-0.15, -0.1) is 0 Å². The zero-order valence-corrected chi connectivity index (χ0v) is 17.3. The fourth-order valence-corrected chi connectivity index (χ4v) is 3.94. The first-order valence-corrected chi connectivity index (χ1v) is 11.0. The molecule has 5 nitrogen and oxygen atoms in total. The van der Waals surface area contributed by atoms with Crippen LogP contribution in [-0.2, 0) is 20.8 Å². The third-order valence-corrected chi connectivity index (χ3v) is 5.32. The van der Waals surface area contributed by atoms with Crippen LogP contribution < -0.4 is 4.74 Å². The Morgan fingerprint density at radius 3 is 2.71 bits per heavy atom. The Kier molecular flexibility index (Phi) is 6.40. The zero-order chi connectivity index (χ0) is 20.1. The highest BCUT2D eigenvalue weighted by Crippen LogP contribution is 2.37. The van der Waals surface area contributed by atoms with Gasteiger partial charge in [0.05, 0.1) is 20.0 Å². The minimum Gasteiger partial charge on any atom is -0.496 e. The number of nitrogens with zero attached hydrogens (tertiary/aromatic N) is 1. The summed E-state index contributed by atoms with van der Waals surface area (Å²) in [5, 5.41) is 0. The molecule has 0 bridgehead atoms. The molecule has 1 aliphatic heterocycles. The van der Waals surface area contributed by atoms with E-state index in [4.69, 9.17) is 8.92 Å². The van der Waals surface area contributed by atoms with E-state index in [1.165, 1.54) is 16.7 Å². The molecule has 0 saturated heterocycles. The second-order valence-electron chi connectivity index (χ2n) is 6.98. The van der Waals surface area contributed by atoms with Crippen molar-refractivity contribution in [2.45, 2.75) is 18.9 Å². The van der Waals surface area contributed by atoms with Crippen LogP contribution in [0.15, 0.2) is 42.5 Å².